The largest absolute Gasteiger partial charge is 0.347 e. The molecular formula is C18H25F2N3O. The zero-order valence-electron chi connectivity index (χ0n) is 14.0. The number of nitrogens with one attached hydrogen (secondary N) is 1. The molecule has 1 heterocycles. The lowest BCUT2D eigenvalue weighted by Gasteiger charge is -2.59. The first-order valence-corrected chi connectivity index (χ1v) is 9.13. The molecule has 1 N–H and O–H groups in total. The van der Waals surface area contributed by atoms with Crippen molar-refractivity contribution in [2.45, 2.75) is 64.5 Å². The average Bonchev–Trinajstić information content (AvgIpc) is 3.00. The van der Waals surface area contributed by atoms with Crippen LogP contribution in [0.3, 0.4) is 0 Å². The van der Waals surface area contributed by atoms with Gasteiger partial charge in [0.05, 0.1) is 0 Å². The highest BCUT2D eigenvalue weighted by atomic mass is 19.3. The smallest absolute Gasteiger partial charge is 0.333 e. The molecule has 0 saturated heterocycles. The van der Waals surface area contributed by atoms with Gasteiger partial charge in [0, 0.05) is 12.2 Å². The zero-order valence-corrected chi connectivity index (χ0v) is 14.0. The van der Waals surface area contributed by atoms with Crippen LogP contribution in [0, 0.1) is 23.2 Å². The normalized spacial score (nSPS) is 35.4. The van der Waals surface area contributed by atoms with Crippen molar-refractivity contribution in [2.24, 2.45) is 23.2 Å². The van der Waals surface area contributed by atoms with E-state index in [1.165, 1.54) is 50.8 Å². The highest BCUT2D eigenvalue weighted by Crippen LogP contribution is 2.61. The van der Waals surface area contributed by atoms with Gasteiger partial charge in [0.25, 0.3) is 5.91 Å². The SMILES string of the molecule is CCC(NC(=O)c1ccnn1C(F)F)C12CC3CC(CC(C3)C1)C2. The molecule has 24 heavy (non-hydrogen) atoms. The van der Waals surface area contributed by atoms with Crippen molar-refractivity contribution in [3.63, 3.8) is 0 Å². The summed E-state index contributed by atoms with van der Waals surface area (Å²) in [6, 6.07) is 1.44. The first-order valence-electron chi connectivity index (χ1n) is 9.13. The number of alkyl halides is 2. The van der Waals surface area contributed by atoms with E-state index in [1.807, 2.05) is 0 Å². The van der Waals surface area contributed by atoms with Crippen LogP contribution in [-0.4, -0.2) is 21.7 Å². The van der Waals surface area contributed by atoms with Gasteiger partial charge in [0.2, 0.25) is 0 Å². The highest BCUT2D eigenvalue weighted by Gasteiger charge is 2.54. The standard InChI is InChI=1S/C18H25F2N3O/c1-2-15(22-16(24)14-3-4-21-23(14)17(19)20)18-8-11-5-12(9-18)7-13(6-11)10-18/h3-4,11-13,15,17H,2,5-10H2,1H3,(H,22,24). The van der Waals surface area contributed by atoms with Gasteiger partial charge >= 0.3 is 6.55 Å². The predicted molar refractivity (Wildman–Crippen MR) is 85.6 cm³/mol. The van der Waals surface area contributed by atoms with Gasteiger partial charge in [0.1, 0.15) is 5.69 Å². The van der Waals surface area contributed by atoms with Gasteiger partial charge < -0.3 is 5.32 Å². The fourth-order valence-corrected chi connectivity index (χ4v) is 6.17. The third-order valence-corrected chi connectivity index (χ3v) is 6.63. The van der Waals surface area contributed by atoms with Crippen LogP contribution in [-0.2, 0) is 0 Å². The fourth-order valence-electron chi connectivity index (χ4n) is 6.17. The van der Waals surface area contributed by atoms with E-state index in [-0.39, 0.29) is 17.2 Å². The molecule has 1 amide bonds. The van der Waals surface area contributed by atoms with E-state index in [1.54, 1.807) is 0 Å². The fraction of sp³-hybridized carbons (Fsp3) is 0.778. The van der Waals surface area contributed by atoms with Gasteiger partial charge in [-0.2, -0.15) is 18.6 Å². The topological polar surface area (TPSA) is 46.9 Å². The third kappa shape index (κ3) is 2.54. The third-order valence-electron chi connectivity index (χ3n) is 6.63. The maximum Gasteiger partial charge on any atom is 0.333 e. The number of amides is 1. The van der Waals surface area contributed by atoms with Crippen LogP contribution in [0.5, 0.6) is 0 Å². The molecule has 1 aromatic rings. The summed E-state index contributed by atoms with van der Waals surface area (Å²) in [5.41, 5.74) is 0.127. The van der Waals surface area contributed by atoms with Crippen molar-refractivity contribution in [3.8, 4) is 0 Å². The molecule has 4 aliphatic rings. The summed E-state index contributed by atoms with van der Waals surface area (Å²) in [4.78, 5) is 12.6. The molecule has 132 valence electrons. The van der Waals surface area contributed by atoms with Gasteiger partial charge in [-0.25, -0.2) is 0 Å². The molecular weight excluding hydrogens is 312 g/mol. The molecule has 5 rings (SSSR count). The van der Waals surface area contributed by atoms with Crippen LogP contribution in [0.15, 0.2) is 12.3 Å². The van der Waals surface area contributed by atoms with Gasteiger partial charge in [-0.3, -0.25) is 4.79 Å². The lowest BCUT2D eigenvalue weighted by Crippen LogP contribution is -2.56. The molecule has 4 fully saturated rings. The summed E-state index contributed by atoms with van der Waals surface area (Å²) in [7, 11) is 0. The number of hydrogen-bond donors (Lipinski definition) is 1. The molecule has 1 unspecified atom stereocenters. The number of aromatic nitrogens is 2. The molecule has 6 heteroatoms. The summed E-state index contributed by atoms with van der Waals surface area (Å²) in [5.74, 6) is 1.98. The number of halogens is 2. The summed E-state index contributed by atoms with van der Waals surface area (Å²) in [6.45, 7) is -0.700. The van der Waals surface area contributed by atoms with Crippen molar-refractivity contribution in [1.82, 2.24) is 15.1 Å². The van der Waals surface area contributed by atoms with Crippen molar-refractivity contribution in [3.05, 3.63) is 18.0 Å². The molecule has 1 aromatic heterocycles. The minimum atomic E-state index is -2.79. The van der Waals surface area contributed by atoms with E-state index in [2.05, 4.69) is 17.3 Å². The Morgan fingerprint density at radius 3 is 2.38 bits per heavy atom. The van der Waals surface area contributed by atoms with Crippen LogP contribution in [0.1, 0.15) is 68.9 Å². The average molecular weight is 337 g/mol. The summed E-state index contributed by atoms with van der Waals surface area (Å²) in [6.07, 6.45) is 9.71. The van der Waals surface area contributed by atoms with Crippen LogP contribution in [0.2, 0.25) is 0 Å². The van der Waals surface area contributed by atoms with Crippen molar-refractivity contribution in [1.29, 1.82) is 0 Å². The quantitative estimate of drug-likeness (QED) is 0.883. The van der Waals surface area contributed by atoms with Crippen molar-refractivity contribution >= 4 is 5.91 Å². The van der Waals surface area contributed by atoms with E-state index in [0.717, 1.165) is 24.2 Å². The minimum absolute atomic E-state index is 0.0480. The van der Waals surface area contributed by atoms with Gasteiger partial charge in [-0.1, -0.05) is 6.92 Å². The molecule has 0 aliphatic heterocycles. The van der Waals surface area contributed by atoms with E-state index in [9.17, 15) is 13.6 Å². The summed E-state index contributed by atoms with van der Waals surface area (Å²) < 4.78 is 26.5. The van der Waals surface area contributed by atoms with Crippen LogP contribution in [0.4, 0.5) is 8.78 Å². The molecule has 1 atom stereocenters. The second-order valence-electron chi connectivity index (χ2n) is 8.15. The predicted octanol–water partition coefficient (Wildman–Crippen LogP) is 4.00. The Morgan fingerprint density at radius 2 is 1.88 bits per heavy atom. The molecule has 0 spiro atoms. The van der Waals surface area contributed by atoms with Crippen LogP contribution < -0.4 is 5.32 Å². The first-order chi connectivity index (χ1) is 11.5. The van der Waals surface area contributed by atoms with Gasteiger partial charge in [0.15, 0.2) is 0 Å². The minimum Gasteiger partial charge on any atom is -0.347 e. The van der Waals surface area contributed by atoms with E-state index >= 15 is 0 Å². The number of rotatable bonds is 5. The lowest BCUT2D eigenvalue weighted by molar-refractivity contribution is -0.0728. The molecule has 0 aromatic carbocycles. The van der Waals surface area contributed by atoms with E-state index < -0.39 is 12.5 Å². The molecule has 4 aliphatic carbocycles. The number of carbonyl (C=O) groups is 1. The lowest BCUT2D eigenvalue weighted by atomic mass is 9.47. The van der Waals surface area contributed by atoms with Crippen molar-refractivity contribution < 1.29 is 13.6 Å². The monoisotopic (exact) mass is 337 g/mol. The summed E-state index contributed by atoms with van der Waals surface area (Å²) in [5, 5.41) is 6.66. The number of hydrogen-bond acceptors (Lipinski definition) is 2. The molecule has 0 radical (unpaired) electrons. The highest BCUT2D eigenvalue weighted by molar-refractivity contribution is 5.92. The molecule has 4 bridgehead atoms. The maximum atomic E-state index is 13.0. The molecule has 4 nitrogen and oxygen atoms in total. The second-order valence-corrected chi connectivity index (χ2v) is 8.15. The number of carbonyl (C=O) groups excluding carboxylic acids is 1. The van der Waals surface area contributed by atoms with E-state index in [0.29, 0.717) is 4.68 Å². The zero-order chi connectivity index (χ0) is 16.9. The Balaban J connectivity index is 1.54. The van der Waals surface area contributed by atoms with Gasteiger partial charge in [-0.15, -0.1) is 0 Å². The van der Waals surface area contributed by atoms with E-state index in [4.69, 9.17) is 0 Å². The summed E-state index contributed by atoms with van der Waals surface area (Å²) >= 11 is 0. The van der Waals surface area contributed by atoms with Crippen molar-refractivity contribution in [2.75, 3.05) is 0 Å². The maximum absolute atomic E-state index is 13.0. The Labute approximate surface area is 141 Å². The Morgan fingerprint density at radius 1 is 1.29 bits per heavy atom. The van der Waals surface area contributed by atoms with Gasteiger partial charge in [-0.05, 0) is 74.2 Å². The van der Waals surface area contributed by atoms with Crippen LogP contribution in [0.25, 0.3) is 0 Å². The molecule has 4 saturated carbocycles. The second kappa shape index (κ2) is 5.81. The Kier molecular flexibility index (Phi) is 3.88. The van der Waals surface area contributed by atoms with Crippen LogP contribution >= 0.6 is 0 Å². The Bertz CT molecular complexity index is 592. The number of nitrogens with zero attached hydrogens (tertiary/aromatic N) is 2. The first kappa shape index (κ1) is 16.0. The Hall–Kier alpha value is -1.46.